The average molecular weight is 420 g/mol. The van der Waals surface area contributed by atoms with E-state index in [-0.39, 0.29) is 11.7 Å². The van der Waals surface area contributed by atoms with Crippen LogP contribution < -0.4 is 4.90 Å². The number of carbonyl (C=O) groups excluding carboxylic acids is 1. The van der Waals surface area contributed by atoms with E-state index >= 15 is 0 Å². The van der Waals surface area contributed by atoms with Crippen LogP contribution in [0.25, 0.3) is 5.57 Å². The summed E-state index contributed by atoms with van der Waals surface area (Å²) in [6.45, 7) is 2.01. The van der Waals surface area contributed by atoms with Crippen molar-refractivity contribution in [3.8, 4) is 0 Å². The van der Waals surface area contributed by atoms with Crippen molar-refractivity contribution < 1.29 is 9.90 Å². The van der Waals surface area contributed by atoms with Crippen molar-refractivity contribution in [1.29, 1.82) is 0 Å². The van der Waals surface area contributed by atoms with E-state index in [1.54, 1.807) is 4.90 Å². The average Bonchev–Trinajstić information content (AvgIpc) is 2.94. The van der Waals surface area contributed by atoms with E-state index in [1.165, 1.54) is 0 Å². The molecule has 0 bridgehead atoms. The smallest absolute Gasteiger partial charge is 0.294 e. The van der Waals surface area contributed by atoms with Crippen LogP contribution in [0.1, 0.15) is 22.7 Å². The van der Waals surface area contributed by atoms with Crippen LogP contribution in [0.5, 0.6) is 0 Å². The Kier molecular flexibility index (Phi) is 4.58. The molecule has 1 amide bonds. The molecular weight excluding hydrogens is 402 g/mol. The van der Waals surface area contributed by atoms with Gasteiger partial charge in [-0.15, -0.1) is 0 Å². The monoisotopic (exact) mass is 419 g/mol. The predicted octanol–water partition coefficient (Wildman–Crippen LogP) is 5.81. The zero-order chi connectivity index (χ0) is 19.0. The van der Waals surface area contributed by atoms with Crippen LogP contribution in [0.15, 0.2) is 89.1 Å². The van der Waals surface area contributed by atoms with Crippen molar-refractivity contribution in [3.05, 3.63) is 106 Å². The molecule has 134 valence electrons. The fourth-order valence-corrected chi connectivity index (χ4v) is 3.90. The summed E-state index contributed by atoms with van der Waals surface area (Å²) in [5, 5.41) is 10.8. The highest BCUT2D eigenvalue weighted by Crippen LogP contribution is 2.45. The van der Waals surface area contributed by atoms with Gasteiger partial charge in [0.25, 0.3) is 5.91 Å². The molecule has 3 aromatic carbocycles. The van der Waals surface area contributed by atoms with Crippen LogP contribution >= 0.6 is 15.9 Å². The molecule has 3 nitrogen and oxygen atoms in total. The summed E-state index contributed by atoms with van der Waals surface area (Å²) < 4.78 is 0.926. The molecule has 4 heteroatoms. The minimum atomic E-state index is -0.403. The Morgan fingerprint density at radius 2 is 1.63 bits per heavy atom. The molecular formula is C23H18BrNO2. The van der Waals surface area contributed by atoms with Crippen LogP contribution in [0.2, 0.25) is 0 Å². The predicted molar refractivity (Wildman–Crippen MR) is 112 cm³/mol. The summed E-state index contributed by atoms with van der Waals surface area (Å²) in [5.41, 5.74) is 4.27. The molecule has 1 aliphatic heterocycles. The SMILES string of the molecule is Cc1ccc(N2C(=O)C(O)=C(c3ccccc3)[C@@H]2c2cccc(Br)c2)cc1. The third-order valence-corrected chi connectivity index (χ3v) is 5.26. The summed E-state index contributed by atoms with van der Waals surface area (Å²) in [4.78, 5) is 14.7. The fraction of sp³-hybridized carbons (Fsp3) is 0.0870. The Morgan fingerprint density at radius 1 is 0.926 bits per heavy atom. The maximum absolute atomic E-state index is 13.0. The van der Waals surface area contributed by atoms with Crippen LogP contribution in [-0.2, 0) is 4.79 Å². The van der Waals surface area contributed by atoms with E-state index in [0.29, 0.717) is 5.57 Å². The van der Waals surface area contributed by atoms with Gasteiger partial charge in [-0.05, 0) is 42.3 Å². The van der Waals surface area contributed by atoms with Gasteiger partial charge in [-0.2, -0.15) is 0 Å². The van der Waals surface area contributed by atoms with Gasteiger partial charge in [-0.3, -0.25) is 9.69 Å². The van der Waals surface area contributed by atoms with Crippen LogP contribution in [0.4, 0.5) is 5.69 Å². The van der Waals surface area contributed by atoms with E-state index in [9.17, 15) is 9.90 Å². The summed E-state index contributed by atoms with van der Waals surface area (Å²) in [6, 6.07) is 24.8. The highest BCUT2D eigenvalue weighted by atomic mass is 79.9. The van der Waals surface area contributed by atoms with Crippen molar-refractivity contribution in [2.24, 2.45) is 0 Å². The Morgan fingerprint density at radius 3 is 2.30 bits per heavy atom. The molecule has 4 rings (SSSR count). The third kappa shape index (κ3) is 3.17. The minimum Gasteiger partial charge on any atom is -0.503 e. The third-order valence-electron chi connectivity index (χ3n) is 4.77. The second-order valence-electron chi connectivity index (χ2n) is 6.60. The molecule has 0 saturated carbocycles. The number of hydrogen-bond donors (Lipinski definition) is 1. The summed E-state index contributed by atoms with van der Waals surface area (Å²) in [6.07, 6.45) is 0. The maximum Gasteiger partial charge on any atom is 0.294 e. The van der Waals surface area contributed by atoms with Crippen molar-refractivity contribution in [1.82, 2.24) is 0 Å². The molecule has 3 aromatic rings. The second kappa shape index (κ2) is 7.05. The Balaban J connectivity index is 1.92. The lowest BCUT2D eigenvalue weighted by Gasteiger charge is -2.27. The topological polar surface area (TPSA) is 40.5 Å². The molecule has 0 radical (unpaired) electrons. The number of aliphatic hydroxyl groups excluding tert-OH is 1. The molecule has 0 aliphatic carbocycles. The minimum absolute atomic E-state index is 0.202. The molecule has 0 aromatic heterocycles. The number of aliphatic hydroxyl groups is 1. The number of rotatable bonds is 3. The number of aryl methyl sites for hydroxylation is 1. The van der Waals surface area contributed by atoms with Gasteiger partial charge in [0.1, 0.15) is 0 Å². The van der Waals surface area contributed by atoms with Crippen molar-refractivity contribution in [2.75, 3.05) is 4.90 Å². The van der Waals surface area contributed by atoms with E-state index in [1.807, 2.05) is 85.8 Å². The van der Waals surface area contributed by atoms with Gasteiger partial charge in [0.15, 0.2) is 5.76 Å². The lowest BCUT2D eigenvalue weighted by molar-refractivity contribution is -0.117. The van der Waals surface area contributed by atoms with E-state index in [2.05, 4.69) is 15.9 Å². The molecule has 1 atom stereocenters. The largest absolute Gasteiger partial charge is 0.503 e. The van der Waals surface area contributed by atoms with Crippen LogP contribution in [0.3, 0.4) is 0 Å². The first-order valence-corrected chi connectivity index (χ1v) is 9.50. The zero-order valence-electron chi connectivity index (χ0n) is 14.8. The van der Waals surface area contributed by atoms with Crippen LogP contribution in [-0.4, -0.2) is 11.0 Å². The standard InChI is InChI=1S/C23H18BrNO2/c1-15-10-12-19(13-11-15)25-21(17-8-5-9-18(24)14-17)20(22(26)23(25)27)16-6-3-2-4-7-16/h2-14,21,26H,1H3/t21-/m0/s1. The molecule has 1 aliphatic rings. The van der Waals surface area contributed by atoms with E-state index < -0.39 is 6.04 Å². The van der Waals surface area contributed by atoms with Gasteiger partial charge >= 0.3 is 0 Å². The van der Waals surface area contributed by atoms with Crippen molar-refractivity contribution >= 4 is 33.1 Å². The fourth-order valence-electron chi connectivity index (χ4n) is 3.48. The first kappa shape index (κ1) is 17.6. The number of anilines is 1. The van der Waals surface area contributed by atoms with Gasteiger partial charge in [-0.1, -0.05) is 76.1 Å². The Bertz CT molecular complexity index is 1030. The number of hydrogen-bond acceptors (Lipinski definition) is 2. The summed E-state index contributed by atoms with van der Waals surface area (Å²) in [5.74, 6) is -0.588. The molecule has 0 saturated heterocycles. The van der Waals surface area contributed by atoms with Crippen molar-refractivity contribution in [2.45, 2.75) is 13.0 Å². The molecule has 0 spiro atoms. The molecule has 0 fully saturated rings. The number of carbonyl (C=O) groups is 1. The van der Waals surface area contributed by atoms with Gasteiger partial charge in [0.2, 0.25) is 0 Å². The molecule has 1 N–H and O–H groups in total. The molecule has 1 heterocycles. The number of halogens is 1. The maximum atomic E-state index is 13.0. The van der Waals surface area contributed by atoms with E-state index in [0.717, 1.165) is 26.9 Å². The van der Waals surface area contributed by atoms with Crippen LogP contribution in [0, 0.1) is 6.92 Å². The van der Waals surface area contributed by atoms with Gasteiger partial charge in [0, 0.05) is 15.7 Å². The van der Waals surface area contributed by atoms with Gasteiger partial charge < -0.3 is 5.11 Å². The van der Waals surface area contributed by atoms with Gasteiger partial charge in [0.05, 0.1) is 6.04 Å². The van der Waals surface area contributed by atoms with Gasteiger partial charge in [-0.25, -0.2) is 0 Å². The highest BCUT2D eigenvalue weighted by Gasteiger charge is 2.41. The summed E-state index contributed by atoms with van der Waals surface area (Å²) >= 11 is 3.52. The lowest BCUT2D eigenvalue weighted by Crippen LogP contribution is -2.30. The normalized spacial score (nSPS) is 16.9. The first-order chi connectivity index (χ1) is 13.1. The second-order valence-corrected chi connectivity index (χ2v) is 7.51. The zero-order valence-corrected chi connectivity index (χ0v) is 16.3. The Hall–Kier alpha value is -2.85. The lowest BCUT2D eigenvalue weighted by atomic mass is 9.93. The summed E-state index contributed by atoms with van der Waals surface area (Å²) in [7, 11) is 0. The highest BCUT2D eigenvalue weighted by molar-refractivity contribution is 9.10. The molecule has 27 heavy (non-hydrogen) atoms. The number of amides is 1. The number of nitrogens with zero attached hydrogens (tertiary/aromatic N) is 1. The number of benzene rings is 3. The molecule has 0 unspecified atom stereocenters. The quantitative estimate of drug-likeness (QED) is 0.581. The van der Waals surface area contributed by atoms with Crippen molar-refractivity contribution in [3.63, 3.8) is 0 Å². The Labute approximate surface area is 166 Å². The van der Waals surface area contributed by atoms with E-state index in [4.69, 9.17) is 0 Å². The first-order valence-electron chi connectivity index (χ1n) is 8.70.